The van der Waals surface area contributed by atoms with Gasteiger partial charge in [0.25, 0.3) is 0 Å². The molecule has 0 radical (unpaired) electrons. The Morgan fingerprint density at radius 1 is 0.284 bits per heavy atom. The normalized spacial score (nSPS) is 11.7. The Balaban J connectivity index is 6.37. The van der Waals surface area contributed by atoms with Crippen LogP contribution >= 0.6 is 0 Å². The van der Waals surface area contributed by atoms with Crippen molar-refractivity contribution in [2.75, 3.05) is 52.9 Å². The van der Waals surface area contributed by atoms with E-state index in [2.05, 4.69) is 34.6 Å². The summed E-state index contributed by atoms with van der Waals surface area (Å²) in [7, 11) is 0. The molecule has 0 aromatic carbocycles. The first kappa shape index (κ1) is 64.3. The number of rotatable bonds is 50. The zero-order valence-corrected chi connectivity index (χ0v) is 43.8. The fraction of sp³-hybridized carbons (Fsp3) is 0.909. The number of ether oxygens (including phenoxy) is 6. The summed E-state index contributed by atoms with van der Waals surface area (Å²) in [6.45, 7) is 8.59. The second kappa shape index (κ2) is 45.7. The Hall–Kier alpha value is -2.73. The molecule has 0 atom stereocenters. The van der Waals surface area contributed by atoms with E-state index < -0.39 is 47.3 Å². The maximum atomic E-state index is 13.2. The highest BCUT2D eigenvalue weighted by Gasteiger charge is 2.40. The maximum absolute atomic E-state index is 13.2. The summed E-state index contributed by atoms with van der Waals surface area (Å²) in [5, 5.41) is 10.9. The van der Waals surface area contributed by atoms with Crippen LogP contribution in [-0.2, 0) is 52.4 Å². The lowest BCUT2D eigenvalue weighted by molar-refractivity contribution is -0.172. The fourth-order valence-electron chi connectivity index (χ4n) is 7.77. The molecule has 0 saturated carbocycles. The molecular weight excluding hydrogens is 853 g/mol. The third-order valence-electron chi connectivity index (χ3n) is 12.5. The third kappa shape index (κ3) is 38.8. The van der Waals surface area contributed by atoms with E-state index in [1.807, 2.05) is 0 Å². The second-order valence-corrected chi connectivity index (χ2v) is 19.5. The summed E-state index contributed by atoms with van der Waals surface area (Å²) in [6, 6.07) is 0. The summed E-state index contributed by atoms with van der Waals surface area (Å²) >= 11 is 0. The molecule has 0 amide bonds. The molecule has 394 valence electrons. The van der Waals surface area contributed by atoms with Gasteiger partial charge in [-0.25, -0.2) is 0 Å². The molecule has 12 nitrogen and oxygen atoms in total. The third-order valence-corrected chi connectivity index (χ3v) is 12.5. The SMILES string of the molecule is CCCCCCCCC(=O)OCC(CO)(COCC(COC(=O)CCCCCCCC)(COC(=O)CCCCCCCC)COC(=O)CCCCCCCC)COC(=O)CCCCCCCC. The molecule has 67 heavy (non-hydrogen) atoms. The summed E-state index contributed by atoms with van der Waals surface area (Å²) in [5.74, 6) is -2.04. The largest absolute Gasteiger partial charge is 0.465 e. The van der Waals surface area contributed by atoms with Crippen molar-refractivity contribution in [3.8, 4) is 0 Å². The highest BCUT2D eigenvalue weighted by atomic mass is 16.6. The minimum atomic E-state index is -1.32. The number of carbonyl (C=O) groups is 5. The molecule has 0 heterocycles. The van der Waals surface area contributed by atoms with Gasteiger partial charge < -0.3 is 33.5 Å². The van der Waals surface area contributed by atoms with Crippen molar-refractivity contribution in [3.63, 3.8) is 0 Å². The van der Waals surface area contributed by atoms with Crippen LogP contribution in [0.15, 0.2) is 0 Å². The van der Waals surface area contributed by atoms with Gasteiger partial charge >= 0.3 is 29.8 Å². The quantitative estimate of drug-likeness (QED) is 0.0350. The molecule has 12 heteroatoms. The van der Waals surface area contributed by atoms with Gasteiger partial charge in [0.15, 0.2) is 0 Å². The molecule has 0 aliphatic carbocycles. The molecule has 0 saturated heterocycles. The van der Waals surface area contributed by atoms with Crippen LogP contribution in [0, 0.1) is 10.8 Å². The first-order valence-electron chi connectivity index (χ1n) is 27.5. The molecule has 0 bridgehead atoms. The van der Waals surface area contributed by atoms with E-state index in [-0.39, 0.29) is 78.4 Å². The average molecular weight is 955 g/mol. The van der Waals surface area contributed by atoms with Crippen molar-refractivity contribution in [1.82, 2.24) is 0 Å². The molecule has 0 rings (SSSR count). The van der Waals surface area contributed by atoms with E-state index in [1.54, 1.807) is 0 Å². The number of hydrogen-bond acceptors (Lipinski definition) is 12. The number of esters is 5. The lowest BCUT2D eigenvalue weighted by atomic mass is 9.90. The van der Waals surface area contributed by atoms with Crippen molar-refractivity contribution in [1.29, 1.82) is 0 Å². The van der Waals surface area contributed by atoms with Crippen molar-refractivity contribution in [2.45, 2.75) is 259 Å². The minimum Gasteiger partial charge on any atom is -0.465 e. The van der Waals surface area contributed by atoms with E-state index in [9.17, 15) is 29.1 Å². The standard InChI is InChI=1S/C55H102O12/c1-6-11-16-21-26-31-36-49(57)63-44-54(41-56,45-64-50(58)37-32-27-22-17-12-7-2)42-62-43-55(46-65-51(59)38-33-28-23-18-13-8-3,47-66-52(60)39-34-29-24-19-14-9-4)48-67-53(61)40-35-30-25-20-15-10-5/h56H,6-48H2,1-5H3. The molecule has 0 unspecified atom stereocenters. The number of hydrogen-bond donors (Lipinski definition) is 1. The van der Waals surface area contributed by atoms with Gasteiger partial charge in [-0.05, 0) is 32.1 Å². The van der Waals surface area contributed by atoms with Gasteiger partial charge in [0.2, 0.25) is 0 Å². The second-order valence-electron chi connectivity index (χ2n) is 19.5. The predicted molar refractivity (Wildman–Crippen MR) is 268 cm³/mol. The predicted octanol–water partition coefficient (Wildman–Crippen LogP) is 13.4. The zero-order valence-electron chi connectivity index (χ0n) is 43.8. The summed E-state index contributed by atoms with van der Waals surface area (Å²) in [4.78, 5) is 65.6. The van der Waals surface area contributed by atoms with E-state index >= 15 is 0 Å². The smallest absolute Gasteiger partial charge is 0.305 e. The van der Waals surface area contributed by atoms with Crippen LogP contribution in [0.1, 0.15) is 259 Å². The van der Waals surface area contributed by atoms with Gasteiger partial charge in [-0.15, -0.1) is 0 Å². The fourth-order valence-corrected chi connectivity index (χ4v) is 7.77. The lowest BCUT2D eigenvalue weighted by Gasteiger charge is -2.35. The Labute approximate surface area is 409 Å². The first-order chi connectivity index (χ1) is 32.5. The molecule has 0 aromatic rings. The maximum Gasteiger partial charge on any atom is 0.305 e. The molecule has 0 aliphatic heterocycles. The van der Waals surface area contributed by atoms with Crippen LogP contribution in [0.4, 0.5) is 0 Å². The molecule has 1 N–H and O–H groups in total. The van der Waals surface area contributed by atoms with Gasteiger partial charge in [-0.3, -0.25) is 24.0 Å². The van der Waals surface area contributed by atoms with Crippen molar-refractivity contribution < 1.29 is 57.5 Å². The van der Waals surface area contributed by atoms with Gasteiger partial charge in [0.1, 0.15) is 33.0 Å². The average Bonchev–Trinajstić information content (AvgIpc) is 3.33. The number of unbranched alkanes of at least 4 members (excludes halogenated alkanes) is 25. The lowest BCUT2D eigenvalue weighted by Crippen LogP contribution is -2.46. The van der Waals surface area contributed by atoms with Crippen LogP contribution in [0.3, 0.4) is 0 Å². The molecule has 0 spiro atoms. The Bertz CT molecular complexity index is 1100. The van der Waals surface area contributed by atoms with Gasteiger partial charge in [0.05, 0.1) is 30.7 Å². The van der Waals surface area contributed by atoms with Gasteiger partial charge in [0, 0.05) is 32.1 Å². The van der Waals surface area contributed by atoms with E-state index in [0.717, 1.165) is 161 Å². The molecular formula is C55H102O12. The van der Waals surface area contributed by atoms with Gasteiger partial charge in [-0.2, -0.15) is 0 Å². The minimum absolute atomic E-state index is 0.203. The van der Waals surface area contributed by atoms with Crippen molar-refractivity contribution >= 4 is 29.8 Å². The van der Waals surface area contributed by atoms with Crippen LogP contribution < -0.4 is 0 Å². The Kier molecular flexibility index (Phi) is 43.8. The van der Waals surface area contributed by atoms with Crippen LogP contribution in [0.5, 0.6) is 0 Å². The first-order valence-corrected chi connectivity index (χ1v) is 27.5. The van der Waals surface area contributed by atoms with Crippen LogP contribution in [-0.4, -0.2) is 87.8 Å². The topological polar surface area (TPSA) is 161 Å². The van der Waals surface area contributed by atoms with E-state index in [1.165, 1.54) is 0 Å². The van der Waals surface area contributed by atoms with Gasteiger partial charge in [-0.1, -0.05) is 195 Å². The van der Waals surface area contributed by atoms with Crippen molar-refractivity contribution in [3.05, 3.63) is 0 Å². The Morgan fingerprint density at radius 2 is 0.478 bits per heavy atom. The zero-order chi connectivity index (χ0) is 49.5. The molecule has 0 aliphatic rings. The van der Waals surface area contributed by atoms with E-state index in [0.29, 0.717) is 32.1 Å². The number of aliphatic hydroxyl groups is 1. The molecule has 0 aromatic heterocycles. The Morgan fingerprint density at radius 3 is 0.701 bits per heavy atom. The number of carbonyl (C=O) groups excluding carboxylic acids is 5. The molecule has 0 fully saturated rings. The monoisotopic (exact) mass is 955 g/mol. The number of aliphatic hydroxyl groups excluding tert-OH is 1. The summed E-state index contributed by atoms with van der Waals surface area (Å²) < 4.78 is 35.5. The van der Waals surface area contributed by atoms with Crippen LogP contribution in [0.25, 0.3) is 0 Å². The summed E-state index contributed by atoms with van der Waals surface area (Å²) in [5.41, 5.74) is -2.62. The summed E-state index contributed by atoms with van der Waals surface area (Å²) in [6.07, 6.45) is 31.4. The highest BCUT2D eigenvalue weighted by molar-refractivity contribution is 5.71. The highest BCUT2D eigenvalue weighted by Crippen LogP contribution is 2.27. The van der Waals surface area contributed by atoms with E-state index in [4.69, 9.17) is 28.4 Å². The van der Waals surface area contributed by atoms with Crippen LogP contribution in [0.2, 0.25) is 0 Å². The van der Waals surface area contributed by atoms with Crippen molar-refractivity contribution in [2.24, 2.45) is 10.8 Å².